The molecule has 2 fully saturated rings. The molecule has 2 saturated heterocycles. The molecule has 164 valence electrons. The van der Waals surface area contributed by atoms with E-state index >= 15 is 0 Å². The fourth-order valence-electron chi connectivity index (χ4n) is 4.04. The summed E-state index contributed by atoms with van der Waals surface area (Å²) < 4.78 is 5.32. The van der Waals surface area contributed by atoms with E-state index in [1.807, 2.05) is 0 Å². The summed E-state index contributed by atoms with van der Waals surface area (Å²) in [7, 11) is 2.20. The van der Waals surface area contributed by atoms with Crippen LogP contribution in [0.25, 0.3) is 10.9 Å². The van der Waals surface area contributed by atoms with Crippen molar-refractivity contribution in [2.75, 3.05) is 56.7 Å². The molecular weight excluding hydrogens is 394 g/mol. The number of likely N-dealkylation sites (tertiary alicyclic amines) is 1. The number of carbonyl (C=O) groups excluding carboxylic acids is 1. The molecule has 1 unspecified atom stereocenters. The zero-order valence-corrected chi connectivity index (χ0v) is 17.8. The number of amides is 2. The maximum atomic E-state index is 10.8. The summed E-state index contributed by atoms with van der Waals surface area (Å²) in [5.74, 6) is 2.03. The van der Waals surface area contributed by atoms with Crippen molar-refractivity contribution in [1.29, 1.82) is 0 Å². The monoisotopic (exact) mass is 423 g/mol. The topological polar surface area (TPSA) is 112 Å². The Morgan fingerprint density at radius 2 is 2.00 bits per heavy atom. The Kier molecular flexibility index (Phi) is 6.63. The van der Waals surface area contributed by atoms with Crippen molar-refractivity contribution in [3.05, 3.63) is 48.2 Å². The van der Waals surface area contributed by atoms with Crippen LogP contribution >= 0.6 is 0 Å². The molecule has 0 bridgehead atoms. The minimum absolute atomic E-state index is 0.400. The predicted octanol–water partition coefficient (Wildman–Crippen LogP) is 2.39. The van der Waals surface area contributed by atoms with Crippen LogP contribution in [0.15, 0.2) is 42.6 Å². The molecule has 2 aliphatic rings. The molecule has 2 aliphatic heterocycles. The number of pyridine rings is 1. The number of aromatic nitrogens is 3. The lowest BCUT2D eigenvalue weighted by molar-refractivity contribution is 0.122. The lowest BCUT2D eigenvalue weighted by Crippen LogP contribution is -2.36. The molecule has 31 heavy (non-hydrogen) atoms. The first-order valence-corrected chi connectivity index (χ1v) is 10.6. The van der Waals surface area contributed by atoms with Gasteiger partial charge in [-0.25, -0.2) is 9.78 Å². The van der Waals surface area contributed by atoms with Crippen molar-refractivity contribution < 1.29 is 9.53 Å². The number of carbonyl (C=O) groups is 1. The summed E-state index contributed by atoms with van der Waals surface area (Å²) >= 11 is 0. The molecule has 0 radical (unpaired) electrons. The highest BCUT2D eigenvalue weighted by Crippen LogP contribution is 2.26. The number of anilines is 2. The number of rotatable bonds is 3. The number of hydrogen-bond acceptors (Lipinski definition) is 6. The first-order chi connectivity index (χ1) is 15.1. The van der Waals surface area contributed by atoms with E-state index in [-0.39, 0.29) is 0 Å². The minimum atomic E-state index is -0.639. The van der Waals surface area contributed by atoms with Gasteiger partial charge in [-0.2, -0.15) is 5.10 Å². The van der Waals surface area contributed by atoms with Crippen LogP contribution in [0.3, 0.4) is 0 Å². The third kappa shape index (κ3) is 5.31. The number of likely N-dealkylation sites (N-methyl/N-ethyl adjacent to an activating group) is 1. The summed E-state index contributed by atoms with van der Waals surface area (Å²) in [6, 6.07) is 11.9. The average molecular weight is 424 g/mol. The number of nitrogens with one attached hydrogen (secondary N) is 2. The van der Waals surface area contributed by atoms with Crippen molar-refractivity contribution in [1.82, 2.24) is 20.1 Å². The van der Waals surface area contributed by atoms with E-state index in [2.05, 4.69) is 67.7 Å². The molecule has 5 rings (SSSR count). The van der Waals surface area contributed by atoms with Crippen LogP contribution in [-0.4, -0.2) is 72.6 Å². The number of benzene rings is 1. The Morgan fingerprint density at radius 1 is 1.23 bits per heavy atom. The van der Waals surface area contributed by atoms with Gasteiger partial charge in [0.1, 0.15) is 5.82 Å². The van der Waals surface area contributed by atoms with Gasteiger partial charge in [0.05, 0.1) is 24.1 Å². The maximum absolute atomic E-state index is 10.8. The molecule has 9 heteroatoms. The number of aromatic amines is 1. The van der Waals surface area contributed by atoms with Gasteiger partial charge in [0, 0.05) is 31.9 Å². The van der Waals surface area contributed by atoms with Gasteiger partial charge in [0.2, 0.25) is 0 Å². The van der Waals surface area contributed by atoms with E-state index in [0.717, 1.165) is 35.7 Å². The molecule has 2 aromatic heterocycles. The van der Waals surface area contributed by atoms with Gasteiger partial charge in [-0.3, -0.25) is 10.4 Å². The second-order valence-corrected chi connectivity index (χ2v) is 7.91. The number of ether oxygens (including phenoxy) is 1. The highest BCUT2D eigenvalue weighted by atomic mass is 16.5. The van der Waals surface area contributed by atoms with E-state index in [9.17, 15) is 4.79 Å². The Bertz CT molecular complexity index is 1000. The molecule has 3 aromatic rings. The molecule has 4 heterocycles. The van der Waals surface area contributed by atoms with Crippen LogP contribution in [-0.2, 0) is 4.74 Å². The van der Waals surface area contributed by atoms with Crippen molar-refractivity contribution in [2.45, 2.75) is 12.3 Å². The Labute approximate surface area is 181 Å². The molecule has 0 aliphatic carbocycles. The summed E-state index contributed by atoms with van der Waals surface area (Å²) in [5.41, 5.74) is 7.36. The van der Waals surface area contributed by atoms with Crippen molar-refractivity contribution in [3.8, 4) is 0 Å². The highest BCUT2D eigenvalue weighted by Gasteiger charge is 2.20. The summed E-state index contributed by atoms with van der Waals surface area (Å²) in [6.07, 6.45) is 3.00. The Balaban J connectivity index is 0.000000166. The van der Waals surface area contributed by atoms with Crippen molar-refractivity contribution >= 4 is 28.6 Å². The van der Waals surface area contributed by atoms with E-state index < -0.39 is 6.03 Å². The Morgan fingerprint density at radius 3 is 2.68 bits per heavy atom. The first kappa shape index (κ1) is 21.1. The second kappa shape index (κ2) is 9.76. The van der Waals surface area contributed by atoms with E-state index in [0.29, 0.717) is 19.0 Å². The number of H-pyrrole nitrogens is 1. The standard InChI is InChI=1S/C11H14N6O2.C11H15N/c12-11(18)14-9-5-8-7(6-13-9)10(16-15-8)17-1-3-19-4-2-17;1-12-8-7-11(9-12)10-5-3-2-4-6-10/h5-6H,1-4H2,(H,15,16)(H3,12,13,14,18);2-6,11H,7-9H2,1H3. The lowest BCUT2D eigenvalue weighted by atomic mass is 9.99. The second-order valence-electron chi connectivity index (χ2n) is 7.91. The number of nitrogens with two attached hydrogens (primary N) is 1. The van der Waals surface area contributed by atoms with E-state index in [1.165, 1.54) is 25.1 Å². The van der Waals surface area contributed by atoms with Gasteiger partial charge in [0.25, 0.3) is 0 Å². The lowest BCUT2D eigenvalue weighted by Gasteiger charge is -2.26. The van der Waals surface area contributed by atoms with Gasteiger partial charge in [-0.15, -0.1) is 0 Å². The highest BCUT2D eigenvalue weighted by molar-refractivity contribution is 5.93. The van der Waals surface area contributed by atoms with Gasteiger partial charge >= 0.3 is 6.03 Å². The number of urea groups is 1. The number of hydrogen-bond donors (Lipinski definition) is 3. The van der Waals surface area contributed by atoms with E-state index in [4.69, 9.17) is 10.5 Å². The molecule has 0 saturated carbocycles. The number of morpholine rings is 1. The summed E-state index contributed by atoms with van der Waals surface area (Å²) in [6.45, 7) is 5.48. The van der Waals surface area contributed by atoms with Gasteiger partial charge in [-0.1, -0.05) is 30.3 Å². The minimum Gasteiger partial charge on any atom is -0.378 e. The number of nitrogens with zero attached hydrogens (tertiary/aromatic N) is 4. The third-order valence-electron chi connectivity index (χ3n) is 5.65. The zero-order chi connectivity index (χ0) is 21.6. The average Bonchev–Trinajstić information content (AvgIpc) is 3.41. The number of fused-ring (bicyclic) bond motifs is 1. The Hall–Kier alpha value is -3.17. The van der Waals surface area contributed by atoms with E-state index in [1.54, 1.807) is 12.3 Å². The molecule has 4 N–H and O–H groups in total. The number of primary amides is 1. The molecule has 9 nitrogen and oxygen atoms in total. The van der Waals surface area contributed by atoms with Crippen LogP contribution in [0.1, 0.15) is 17.9 Å². The van der Waals surface area contributed by atoms with Crippen LogP contribution < -0.4 is 16.0 Å². The molecule has 1 aromatic carbocycles. The van der Waals surface area contributed by atoms with Crippen LogP contribution in [0.4, 0.5) is 16.4 Å². The summed E-state index contributed by atoms with van der Waals surface area (Å²) in [5, 5.41) is 10.6. The fourth-order valence-corrected chi connectivity index (χ4v) is 4.04. The largest absolute Gasteiger partial charge is 0.378 e. The molecule has 0 spiro atoms. The molecule has 2 amide bonds. The zero-order valence-electron chi connectivity index (χ0n) is 17.8. The van der Waals surface area contributed by atoms with Gasteiger partial charge < -0.3 is 20.3 Å². The maximum Gasteiger partial charge on any atom is 0.317 e. The normalized spacial score (nSPS) is 19.1. The molecule has 1 atom stereocenters. The quantitative estimate of drug-likeness (QED) is 0.596. The predicted molar refractivity (Wildman–Crippen MR) is 121 cm³/mol. The summed E-state index contributed by atoms with van der Waals surface area (Å²) in [4.78, 5) is 19.5. The van der Waals surface area contributed by atoms with Crippen molar-refractivity contribution in [2.24, 2.45) is 5.73 Å². The van der Waals surface area contributed by atoms with Crippen LogP contribution in [0, 0.1) is 0 Å². The smallest absolute Gasteiger partial charge is 0.317 e. The van der Waals surface area contributed by atoms with Gasteiger partial charge in [-0.05, 0) is 31.5 Å². The third-order valence-corrected chi connectivity index (χ3v) is 5.65. The van der Waals surface area contributed by atoms with Crippen LogP contribution in [0.2, 0.25) is 0 Å². The first-order valence-electron chi connectivity index (χ1n) is 10.6. The fraction of sp³-hybridized carbons (Fsp3) is 0.409. The van der Waals surface area contributed by atoms with Crippen LogP contribution in [0.5, 0.6) is 0 Å². The van der Waals surface area contributed by atoms with Crippen molar-refractivity contribution in [3.63, 3.8) is 0 Å². The SMILES string of the molecule is CN1CCC(c2ccccc2)C1.NC(=O)Nc1cc2[nH]nc(N3CCOCC3)c2cn1. The molecular formula is C22H29N7O2. The van der Waals surface area contributed by atoms with Gasteiger partial charge in [0.15, 0.2) is 5.82 Å².